The molecule has 27 heavy (non-hydrogen) atoms. The first-order chi connectivity index (χ1) is 12.9. The number of nitrogens with zero attached hydrogens (tertiary/aromatic N) is 3. The molecular weight excluding hydrogens is 370 g/mol. The molecule has 0 aliphatic carbocycles. The largest absolute Gasteiger partial charge is 0.455 e. The summed E-state index contributed by atoms with van der Waals surface area (Å²) in [6.45, 7) is 1.53. The van der Waals surface area contributed by atoms with Crippen molar-refractivity contribution in [2.45, 2.75) is 19.8 Å². The number of piperidine rings is 1. The second kappa shape index (κ2) is 9.48. The van der Waals surface area contributed by atoms with Crippen LogP contribution in [0.5, 0.6) is 0 Å². The average Bonchev–Trinajstić information content (AvgIpc) is 2.70. The number of carbonyl (C=O) groups excluding carboxylic acids is 2. The fourth-order valence-corrected chi connectivity index (χ4v) is 4.02. The molecule has 0 atom stereocenters. The molecule has 146 valence electrons. The Kier molecular flexibility index (Phi) is 7.33. The number of benzene rings is 1. The normalized spacial score (nSPS) is 15.7. The van der Waals surface area contributed by atoms with E-state index in [0.29, 0.717) is 18.5 Å². The topological polar surface area (TPSA) is 108 Å². The number of nitriles is 1. The molecule has 0 saturated carbocycles. The highest BCUT2D eigenvalue weighted by Gasteiger charge is 2.31. The van der Waals surface area contributed by atoms with Crippen molar-refractivity contribution in [3.05, 3.63) is 30.3 Å². The Morgan fingerprint density at radius 1 is 1.26 bits per heavy atom. The zero-order valence-corrected chi connectivity index (χ0v) is 16.0. The summed E-state index contributed by atoms with van der Waals surface area (Å²) in [5.74, 6) is -1.39. The summed E-state index contributed by atoms with van der Waals surface area (Å²) in [7, 11) is -3.25. The van der Waals surface area contributed by atoms with Gasteiger partial charge in [0.05, 0.1) is 17.7 Å². The molecule has 9 heteroatoms. The molecular formula is C18H23N3O5S. The van der Waals surface area contributed by atoms with Crippen molar-refractivity contribution >= 4 is 27.6 Å². The number of anilines is 1. The van der Waals surface area contributed by atoms with E-state index in [1.807, 2.05) is 6.07 Å². The number of para-hydroxylation sites is 1. The highest BCUT2D eigenvalue weighted by Crippen LogP contribution is 2.21. The van der Waals surface area contributed by atoms with Gasteiger partial charge in [-0.2, -0.15) is 5.26 Å². The van der Waals surface area contributed by atoms with Crippen molar-refractivity contribution in [3.63, 3.8) is 0 Å². The lowest BCUT2D eigenvalue weighted by molar-refractivity contribution is -0.153. The quantitative estimate of drug-likeness (QED) is 0.508. The van der Waals surface area contributed by atoms with Crippen molar-refractivity contribution < 1.29 is 22.7 Å². The van der Waals surface area contributed by atoms with Gasteiger partial charge in [-0.25, -0.2) is 12.7 Å². The van der Waals surface area contributed by atoms with Gasteiger partial charge >= 0.3 is 5.97 Å². The number of hydrogen-bond acceptors (Lipinski definition) is 6. The Morgan fingerprint density at radius 2 is 1.89 bits per heavy atom. The predicted octanol–water partition coefficient (Wildman–Crippen LogP) is 1.15. The van der Waals surface area contributed by atoms with Crippen molar-refractivity contribution in [1.82, 2.24) is 4.31 Å². The Balaban J connectivity index is 1.88. The SMILES string of the molecule is CCS(=O)(=O)N1CCC(C(=O)OCC(=O)N(CC#N)c2ccccc2)CC1. The molecule has 0 unspecified atom stereocenters. The number of carbonyl (C=O) groups is 2. The van der Waals surface area contributed by atoms with Crippen LogP contribution in [0.25, 0.3) is 0 Å². The number of ether oxygens (including phenoxy) is 1. The molecule has 1 aliphatic rings. The molecule has 2 rings (SSSR count). The van der Waals surface area contributed by atoms with E-state index in [2.05, 4.69) is 0 Å². The summed E-state index contributed by atoms with van der Waals surface area (Å²) < 4.78 is 30.2. The van der Waals surface area contributed by atoms with Gasteiger partial charge in [-0.05, 0) is 31.9 Å². The molecule has 0 bridgehead atoms. The highest BCUT2D eigenvalue weighted by molar-refractivity contribution is 7.89. The standard InChI is InChI=1S/C18H23N3O5S/c1-2-27(24,25)20-11-8-15(9-12-20)18(23)26-14-17(22)21(13-10-19)16-6-4-3-5-7-16/h3-7,15H,2,8-9,11-14H2,1H3. The predicted molar refractivity (Wildman–Crippen MR) is 99.1 cm³/mol. The molecule has 1 heterocycles. The van der Waals surface area contributed by atoms with Gasteiger partial charge in [-0.15, -0.1) is 0 Å². The van der Waals surface area contributed by atoms with E-state index in [9.17, 15) is 18.0 Å². The van der Waals surface area contributed by atoms with Gasteiger partial charge in [0.2, 0.25) is 10.0 Å². The minimum absolute atomic E-state index is 0.0326. The monoisotopic (exact) mass is 393 g/mol. The number of amides is 1. The van der Waals surface area contributed by atoms with E-state index in [1.54, 1.807) is 37.3 Å². The average molecular weight is 393 g/mol. The van der Waals surface area contributed by atoms with Crippen molar-refractivity contribution in [2.75, 3.05) is 36.9 Å². The summed E-state index contributed by atoms with van der Waals surface area (Å²) in [5, 5.41) is 8.93. The summed E-state index contributed by atoms with van der Waals surface area (Å²) in [6.07, 6.45) is 0.736. The summed E-state index contributed by atoms with van der Waals surface area (Å²) in [5.41, 5.74) is 0.554. The summed E-state index contributed by atoms with van der Waals surface area (Å²) in [6, 6.07) is 10.6. The Hall–Kier alpha value is -2.44. The number of esters is 1. The molecule has 1 aromatic carbocycles. The molecule has 1 fully saturated rings. The van der Waals surface area contributed by atoms with Crippen LogP contribution < -0.4 is 4.90 Å². The second-order valence-electron chi connectivity index (χ2n) is 6.16. The summed E-state index contributed by atoms with van der Waals surface area (Å²) >= 11 is 0. The van der Waals surface area contributed by atoms with E-state index in [1.165, 1.54) is 9.21 Å². The van der Waals surface area contributed by atoms with Crippen LogP contribution in [-0.4, -0.2) is 56.6 Å². The van der Waals surface area contributed by atoms with Crippen LogP contribution in [0.3, 0.4) is 0 Å². The zero-order valence-electron chi connectivity index (χ0n) is 15.2. The van der Waals surface area contributed by atoms with Crippen LogP contribution in [0.4, 0.5) is 5.69 Å². The van der Waals surface area contributed by atoms with Crippen LogP contribution in [0, 0.1) is 17.2 Å². The Bertz CT molecular complexity index is 796. The van der Waals surface area contributed by atoms with Gasteiger partial charge in [0, 0.05) is 18.8 Å². The van der Waals surface area contributed by atoms with Crippen molar-refractivity contribution in [3.8, 4) is 6.07 Å². The number of sulfonamides is 1. The van der Waals surface area contributed by atoms with Gasteiger partial charge in [0.25, 0.3) is 5.91 Å². The maximum atomic E-state index is 12.4. The zero-order chi connectivity index (χ0) is 19.9. The third-order valence-electron chi connectivity index (χ3n) is 4.48. The van der Waals surface area contributed by atoms with Crippen LogP contribution in [0.2, 0.25) is 0 Å². The second-order valence-corrected chi connectivity index (χ2v) is 8.41. The lowest BCUT2D eigenvalue weighted by Crippen LogP contribution is -2.42. The van der Waals surface area contributed by atoms with Crippen molar-refractivity contribution in [2.24, 2.45) is 5.92 Å². The highest BCUT2D eigenvalue weighted by atomic mass is 32.2. The van der Waals surface area contributed by atoms with Gasteiger partial charge in [-0.3, -0.25) is 14.5 Å². The van der Waals surface area contributed by atoms with Crippen LogP contribution in [0.15, 0.2) is 30.3 Å². The minimum Gasteiger partial charge on any atom is -0.455 e. The maximum Gasteiger partial charge on any atom is 0.309 e. The van der Waals surface area contributed by atoms with E-state index in [0.717, 1.165) is 0 Å². The molecule has 0 N–H and O–H groups in total. The van der Waals surface area contributed by atoms with Crippen LogP contribution in [0.1, 0.15) is 19.8 Å². The first-order valence-electron chi connectivity index (χ1n) is 8.76. The van der Waals surface area contributed by atoms with Crippen LogP contribution in [-0.2, 0) is 24.3 Å². The Labute approximate surface area is 159 Å². The molecule has 8 nitrogen and oxygen atoms in total. The van der Waals surface area contributed by atoms with Gasteiger partial charge < -0.3 is 4.74 Å². The molecule has 0 aromatic heterocycles. The van der Waals surface area contributed by atoms with E-state index >= 15 is 0 Å². The smallest absolute Gasteiger partial charge is 0.309 e. The molecule has 1 aliphatic heterocycles. The lowest BCUT2D eigenvalue weighted by Gasteiger charge is -2.29. The molecule has 1 aromatic rings. The first kappa shape index (κ1) is 20.9. The molecule has 1 amide bonds. The van der Waals surface area contributed by atoms with Gasteiger partial charge in [0.15, 0.2) is 6.61 Å². The van der Waals surface area contributed by atoms with Gasteiger partial charge in [-0.1, -0.05) is 18.2 Å². The van der Waals surface area contributed by atoms with E-state index < -0.39 is 34.4 Å². The first-order valence-corrected chi connectivity index (χ1v) is 10.4. The number of rotatable bonds is 7. The maximum absolute atomic E-state index is 12.4. The van der Waals surface area contributed by atoms with Crippen LogP contribution >= 0.6 is 0 Å². The number of hydrogen-bond donors (Lipinski definition) is 0. The van der Waals surface area contributed by atoms with E-state index in [-0.39, 0.29) is 25.4 Å². The Morgan fingerprint density at radius 3 is 2.44 bits per heavy atom. The van der Waals surface area contributed by atoms with E-state index in [4.69, 9.17) is 10.00 Å². The molecule has 0 radical (unpaired) electrons. The molecule has 1 saturated heterocycles. The molecule has 0 spiro atoms. The van der Waals surface area contributed by atoms with Crippen molar-refractivity contribution in [1.29, 1.82) is 5.26 Å². The van der Waals surface area contributed by atoms with Gasteiger partial charge in [0.1, 0.15) is 6.54 Å². The lowest BCUT2D eigenvalue weighted by atomic mass is 9.98. The third-order valence-corrected chi connectivity index (χ3v) is 6.36. The fourth-order valence-electron chi connectivity index (χ4n) is 2.88. The fraction of sp³-hybridized carbons (Fsp3) is 0.500. The summed E-state index contributed by atoms with van der Waals surface area (Å²) in [4.78, 5) is 25.8. The minimum atomic E-state index is -3.25. The third kappa shape index (κ3) is 5.52.